The van der Waals surface area contributed by atoms with Crippen LogP contribution in [-0.2, 0) is 11.0 Å². The van der Waals surface area contributed by atoms with Crippen molar-refractivity contribution in [3.8, 4) is 0 Å². The minimum atomic E-state index is -1.33. The fourth-order valence-electron chi connectivity index (χ4n) is 0.876. The van der Waals surface area contributed by atoms with Crippen LogP contribution in [0.25, 0.3) is 0 Å². The molecule has 0 radical (unpaired) electrons. The van der Waals surface area contributed by atoms with E-state index in [1.54, 1.807) is 6.07 Å². The second-order valence-corrected chi connectivity index (χ2v) is 7.05. The summed E-state index contributed by atoms with van der Waals surface area (Å²) in [6, 6.07) is 4.28. The third-order valence-electron chi connectivity index (χ3n) is 1.77. The fourth-order valence-corrected chi connectivity index (χ4v) is 1.75. The van der Waals surface area contributed by atoms with E-state index in [4.69, 9.17) is 0 Å². The highest BCUT2D eigenvalue weighted by atomic mass is 79.9. The van der Waals surface area contributed by atoms with Gasteiger partial charge in [-0.2, -0.15) is 4.40 Å². The third-order valence-corrected chi connectivity index (χ3v) is 3.84. The van der Waals surface area contributed by atoms with Crippen molar-refractivity contribution in [1.29, 1.82) is 0 Å². The first-order valence-corrected chi connectivity index (χ1v) is 6.62. The van der Waals surface area contributed by atoms with Crippen molar-refractivity contribution < 1.29 is 8.60 Å². The first-order chi connectivity index (χ1) is 7.30. The quantitative estimate of drug-likeness (QED) is 0.769. The van der Waals surface area contributed by atoms with Gasteiger partial charge in [-0.15, -0.1) is 0 Å². The summed E-state index contributed by atoms with van der Waals surface area (Å²) in [5, 5.41) is 0. The summed E-state index contributed by atoms with van der Waals surface area (Å²) >= 11 is 3.27. The summed E-state index contributed by atoms with van der Waals surface area (Å²) in [5.74, 6) is -0.341. The molecule has 0 spiro atoms. The van der Waals surface area contributed by atoms with E-state index in [2.05, 4.69) is 20.3 Å². The van der Waals surface area contributed by atoms with Gasteiger partial charge in [-0.25, -0.2) is 8.60 Å². The summed E-state index contributed by atoms with van der Waals surface area (Å²) in [7, 11) is -1.33. The maximum absolute atomic E-state index is 12.9. The van der Waals surface area contributed by atoms with Crippen molar-refractivity contribution in [2.24, 2.45) is 4.40 Å². The standard InChI is InChI=1S/C11H13BrFNOS/c1-11(2,3)16(15)14-7-8-6-9(13)4-5-10(8)12/h4-7H,1-3H3/t16-/m1/s1. The van der Waals surface area contributed by atoms with Gasteiger partial charge in [0, 0.05) is 16.3 Å². The van der Waals surface area contributed by atoms with Crippen molar-refractivity contribution >= 4 is 33.1 Å². The molecule has 0 amide bonds. The molecule has 0 saturated carbocycles. The van der Waals surface area contributed by atoms with Crippen LogP contribution in [0, 0.1) is 5.82 Å². The van der Waals surface area contributed by atoms with Crippen molar-refractivity contribution in [3.63, 3.8) is 0 Å². The molecule has 0 unspecified atom stereocenters. The maximum atomic E-state index is 12.9. The average Bonchev–Trinajstić information content (AvgIpc) is 2.17. The number of nitrogens with zero attached hydrogens (tertiary/aromatic N) is 1. The van der Waals surface area contributed by atoms with Crippen LogP contribution in [0.1, 0.15) is 26.3 Å². The monoisotopic (exact) mass is 305 g/mol. The minimum Gasteiger partial charge on any atom is -0.234 e. The minimum absolute atomic E-state index is 0.341. The molecule has 0 aliphatic heterocycles. The van der Waals surface area contributed by atoms with Gasteiger partial charge in [0.1, 0.15) is 16.8 Å². The molecule has 0 heterocycles. The van der Waals surface area contributed by atoms with Crippen LogP contribution in [0.3, 0.4) is 0 Å². The van der Waals surface area contributed by atoms with Gasteiger partial charge in [-0.05, 0) is 39.0 Å². The number of rotatable bonds is 2. The van der Waals surface area contributed by atoms with E-state index in [9.17, 15) is 8.60 Å². The number of hydrogen-bond donors (Lipinski definition) is 0. The molecule has 0 aliphatic rings. The second kappa shape index (κ2) is 5.19. The van der Waals surface area contributed by atoms with E-state index >= 15 is 0 Å². The molecule has 0 saturated heterocycles. The fraction of sp³-hybridized carbons (Fsp3) is 0.364. The topological polar surface area (TPSA) is 29.4 Å². The Bertz CT molecular complexity index is 440. The molecule has 0 aliphatic carbocycles. The lowest BCUT2D eigenvalue weighted by atomic mass is 10.2. The van der Waals surface area contributed by atoms with E-state index in [1.807, 2.05) is 20.8 Å². The Balaban J connectivity index is 2.93. The van der Waals surface area contributed by atoms with Gasteiger partial charge in [0.2, 0.25) is 0 Å². The maximum Gasteiger partial charge on any atom is 0.144 e. The predicted molar refractivity (Wildman–Crippen MR) is 69.6 cm³/mol. The summed E-state index contributed by atoms with van der Waals surface area (Å²) < 4.78 is 28.8. The van der Waals surface area contributed by atoms with Gasteiger partial charge >= 0.3 is 0 Å². The highest BCUT2D eigenvalue weighted by Gasteiger charge is 2.18. The Morgan fingerprint density at radius 1 is 1.44 bits per heavy atom. The Kier molecular flexibility index (Phi) is 4.38. The molecule has 1 rings (SSSR count). The van der Waals surface area contributed by atoms with Gasteiger partial charge in [-0.1, -0.05) is 15.9 Å². The molecule has 1 atom stereocenters. The summed E-state index contributed by atoms with van der Waals surface area (Å²) in [5.41, 5.74) is 0.581. The Morgan fingerprint density at radius 2 is 2.06 bits per heavy atom. The van der Waals surface area contributed by atoms with Crippen molar-refractivity contribution in [1.82, 2.24) is 0 Å². The zero-order chi connectivity index (χ0) is 12.3. The van der Waals surface area contributed by atoms with Crippen LogP contribution in [-0.4, -0.2) is 15.2 Å². The van der Waals surface area contributed by atoms with Gasteiger partial charge in [0.25, 0.3) is 0 Å². The van der Waals surface area contributed by atoms with Crippen LogP contribution in [0.15, 0.2) is 27.1 Å². The van der Waals surface area contributed by atoms with Crippen LogP contribution < -0.4 is 0 Å². The van der Waals surface area contributed by atoms with Gasteiger partial charge < -0.3 is 0 Å². The molecule has 0 fully saturated rings. The lowest BCUT2D eigenvalue weighted by Gasteiger charge is -2.12. The molecule has 5 heteroatoms. The molecule has 1 aromatic rings. The smallest absolute Gasteiger partial charge is 0.144 e. The van der Waals surface area contributed by atoms with E-state index in [1.165, 1.54) is 18.3 Å². The molecule has 0 aromatic heterocycles. The Labute approximate surface area is 106 Å². The molecular formula is C11H13BrFNOS. The molecule has 16 heavy (non-hydrogen) atoms. The van der Waals surface area contributed by atoms with Crippen LogP contribution in [0.2, 0.25) is 0 Å². The molecule has 2 nitrogen and oxygen atoms in total. The van der Waals surface area contributed by atoms with Crippen molar-refractivity contribution in [2.45, 2.75) is 25.5 Å². The van der Waals surface area contributed by atoms with Crippen molar-refractivity contribution in [3.05, 3.63) is 34.1 Å². The van der Waals surface area contributed by atoms with Crippen LogP contribution in [0.5, 0.6) is 0 Å². The van der Waals surface area contributed by atoms with E-state index < -0.39 is 15.7 Å². The molecule has 0 bridgehead atoms. The number of benzene rings is 1. The van der Waals surface area contributed by atoms with E-state index in [0.717, 1.165) is 4.47 Å². The molecule has 1 aromatic carbocycles. The molecule has 88 valence electrons. The van der Waals surface area contributed by atoms with Crippen molar-refractivity contribution in [2.75, 3.05) is 0 Å². The highest BCUT2D eigenvalue weighted by molar-refractivity contribution is 9.10. The van der Waals surface area contributed by atoms with Crippen LogP contribution >= 0.6 is 15.9 Å². The first kappa shape index (κ1) is 13.5. The SMILES string of the molecule is CC(C)(C)[S@@](=O)N=Cc1cc(F)ccc1Br. The van der Waals surface area contributed by atoms with E-state index in [-0.39, 0.29) is 5.82 Å². The summed E-state index contributed by atoms with van der Waals surface area (Å²) in [4.78, 5) is 0. The lowest BCUT2D eigenvalue weighted by Crippen LogP contribution is -2.19. The number of halogens is 2. The Hall–Kier alpha value is -0.550. The zero-order valence-electron chi connectivity index (χ0n) is 9.33. The van der Waals surface area contributed by atoms with Gasteiger partial charge in [0.15, 0.2) is 0 Å². The third kappa shape index (κ3) is 3.79. The second-order valence-electron chi connectivity index (χ2n) is 4.26. The van der Waals surface area contributed by atoms with Gasteiger partial charge in [-0.3, -0.25) is 0 Å². The summed E-state index contributed by atoms with van der Waals surface area (Å²) in [6.07, 6.45) is 1.43. The Morgan fingerprint density at radius 3 is 2.62 bits per heavy atom. The predicted octanol–water partition coefficient (Wildman–Crippen LogP) is 3.47. The summed E-state index contributed by atoms with van der Waals surface area (Å²) in [6.45, 7) is 5.50. The molecule has 0 N–H and O–H groups in total. The van der Waals surface area contributed by atoms with Crippen LogP contribution in [0.4, 0.5) is 4.39 Å². The zero-order valence-corrected chi connectivity index (χ0v) is 11.7. The lowest BCUT2D eigenvalue weighted by molar-refractivity contribution is 0.627. The largest absolute Gasteiger partial charge is 0.234 e. The van der Waals surface area contributed by atoms with E-state index in [0.29, 0.717) is 5.56 Å². The molecular weight excluding hydrogens is 293 g/mol. The average molecular weight is 306 g/mol. The first-order valence-electron chi connectivity index (χ1n) is 4.72. The normalized spacial score (nSPS) is 14.3. The number of hydrogen-bond acceptors (Lipinski definition) is 1. The highest BCUT2D eigenvalue weighted by Crippen LogP contribution is 2.17. The van der Waals surface area contributed by atoms with Gasteiger partial charge in [0.05, 0.1) is 4.75 Å².